The minimum absolute atomic E-state index is 0.0512. The summed E-state index contributed by atoms with van der Waals surface area (Å²) in [6.45, 7) is 4.54. The zero-order chi connectivity index (χ0) is 14.7. The van der Waals surface area contributed by atoms with Gasteiger partial charge in [0.15, 0.2) is 0 Å². The van der Waals surface area contributed by atoms with Crippen molar-refractivity contribution in [3.8, 4) is 5.75 Å². The molecule has 4 heteroatoms. The first kappa shape index (κ1) is 15.2. The average molecular weight is 311 g/mol. The molecule has 0 heterocycles. The highest BCUT2D eigenvalue weighted by molar-refractivity contribution is 6.42. The number of ether oxygens (including phenoxy) is 1. The van der Waals surface area contributed by atoms with Crippen molar-refractivity contribution in [2.24, 2.45) is 0 Å². The third-order valence-corrected chi connectivity index (χ3v) is 3.95. The van der Waals surface area contributed by atoms with Gasteiger partial charge < -0.3 is 9.84 Å². The number of halogens is 2. The molecule has 0 aliphatic carbocycles. The molecule has 2 nitrogen and oxygen atoms in total. The van der Waals surface area contributed by atoms with E-state index in [2.05, 4.69) is 0 Å². The fraction of sp³-hybridized carbons (Fsp3) is 0.250. The van der Waals surface area contributed by atoms with E-state index in [0.717, 1.165) is 22.3 Å². The molecule has 2 aromatic rings. The van der Waals surface area contributed by atoms with Crippen molar-refractivity contribution in [1.82, 2.24) is 0 Å². The highest BCUT2D eigenvalue weighted by Gasteiger charge is 2.07. The number of hydrogen-bond donors (Lipinski definition) is 1. The second-order valence-electron chi connectivity index (χ2n) is 4.73. The van der Waals surface area contributed by atoms with E-state index in [9.17, 15) is 5.11 Å². The Balaban J connectivity index is 2.16. The Bertz CT molecular complexity index is 601. The van der Waals surface area contributed by atoms with Crippen LogP contribution < -0.4 is 4.74 Å². The topological polar surface area (TPSA) is 29.5 Å². The zero-order valence-corrected chi connectivity index (χ0v) is 12.9. The van der Waals surface area contributed by atoms with Crippen LogP contribution in [0, 0.1) is 13.8 Å². The Labute approximate surface area is 128 Å². The van der Waals surface area contributed by atoms with Crippen LogP contribution in [0.25, 0.3) is 0 Å². The van der Waals surface area contributed by atoms with Gasteiger partial charge in [-0.1, -0.05) is 35.3 Å². The molecule has 0 radical (unpaired) electrons. The highest BCUT2D eigenvalue weighted by atomic mass is 35.5. The van der Waals surface area contributed by atoms with Crippen LogP contribution in [-0.2, 0) is 13.2 Å². The van der Waals surface area contributed by atoms with E-state index in [1.54, 1.807) is 18.2 Å². The predicted molar refractivity (Wildman–Crippen MR) is 82.6 cm³/mol. The van der Waals surface area contributed by atoms with E-state index in [1.165, 1.54) is 0 Å². The molecule has 0 saturated heterocycles. The average Bonchev–Trinajstić information content (AvgIpc) is 2.41. The summed E-state index contributed by atoms with van der Waals surface area (Å²) in [5, 5.41) is 10.2. The minimum atomic E-state index is 0.0512. The summed E-state index contributed by atoms with van der Waals surface area (Å²) >= 11 is 11.8. The van der Waals surface area contributed by atoms with Crippen molar-refractivity contribution in [2.75, 3.05) is 0 Å². The fourth-order valence-corrected chi connectivity index (χ4v) is 2.41. The van der Waals surface area contributed by atoms with Gasteiger partial charge in [-0.25, -0.2) is 0 Å². The van der Waals surface area contributed by atoms with Gasteiger partial charge in [-0.2, -0.15) is 0 Å². The molecule has 0 atom stereocenters. The van der Waals surface area contributed by atoms with Crippen molar-refractivity contribution in [2.45, 2.75) is 27.1 Å². The van der Waals surface area contributed by atoms with Crippen LogP contribution in [-0.4, -0.2) is 5.11 Å². The molecule has 2 aromatic carbocycles. The van der Waals surface area contributed by atoms with Gasteiger partial charge in [-0.15, -0.1) is 0 Å². The van der Waals surface area contributed by atoms with E-state index in [1.807, 2.05) is 26.0 Å². The standard InChI is InChI=1S/C16H16Cl2O2/c1-10-5-12(8-19)6-11(2)14(10)9-20-13-3-4-15(17)16(18)7-13/h3-7,19H,8-9H2,1-2H3. The Morgan fingerprint density at radius 2 is 1.65 bits per heavy atom. The maximum absolute atomic E-state index is 9.18. The molecular weight excluding hydrogens is 295 g/mol. The lowest BCUT2D eigenvalue weighted by Crippen LogP contribution is -2.02. The maximum atomic E-state index is 9.18. The number of aliphatic hydroxyl groups is 1. The van der Waals surface area contributed by atoms with Crippen molar-refractivity contribution >= 4 is 23.2 Å². The lowest BCUT2D eigenvalue weighted by Gasteiger charge is -2.13. The quantitative estimate of drug-likeness (QED) is 0.888. The molecule has 0 aliphatic heterocycles. The molecule has 0 saturated carbocycles. The lowest BCUT2D eigenvalue weighted by molar-refractivity contribution is 0.281. The second kappa shape index (κ2) is 6.49. The first-order valence-electron chi connectivity index (χ1n) is 6.29. The van der Waals surface area contributed by atoms with Crippen LogP contribution in [0.15, 0.2) is 30.3 Å². The third-order valence-electron chi connectivity index (χ3n) is 3.21. The summed E-state index contributed by atoms with van der Waals surface area (Å²) in [7, 11) is 0. The Morgan fingerprint density at radius 3 is 2.20 bits per heavy atom. The molecule has 20 heavy (non-hydrogen) atoms. The fourth-order valence-electron chi connectivity index (χ4n) is 2.12. The summed E-state index contributed by atoms with van der Waals surface area (Å²) in [4.78, 5) is 0. The van der Waals surface area contributed by atoms with Gasteiger partial charge in [-0.05, 0) is 48.2 Å². The molecule has 1 N–H and O–H groups in total. The van der Waals surface area contributed by atoms with Crippen molar-refractivity contribution in [3.05, 3.63) is 62.6 Å². The van der Waals surface area contributed by atoms with Gasteiger partial charge in [0, 0.05) is 6.07 Å². The minimum Gasteiger partial charge on any atom is -0.489 e. The van der Waals surface area contributed by atoms with Crippen LogP contribution in [0.1, 0.15) is 22.3 Å². The molecule has 0 spiro atoms. The number of benzene rings is 2. The van der Waals surface area contributed by atoms with E-state index >= 15 is 0 Å². The largest absolute Gasteiger partial charge is 0.489 e. The van der Waals surface area contributed by atoms with E-state index in [-0.39, 0.29) is 6.61 Å². The SMILES string of the molecule is Cc1cc(CO)cc(C)c1COc1ccc(Cl)c(Cl)c1. The predicted octanol–water partition coefficient (Wildman–Crippen LogP) is 4.68. The van der Waals surface area contributed by atoms with E-state index in [4.69, 9.17) is 27.9 Å². The van der Waals surface area contributed by atoms with E-state index in [0.29, 0.717) is 22.4 Å². The van der Waals surface area contributed by atoms with Crippen molar-refractivity contribution < 1.29 is 9.84 Å². The molecule has 0 aromatic heterocycles. The Morgan fingerprint density at radius 1 is 1.00 bits per heavy atom. The maximum Gasteiger partial charge on any atom is 0.121 e. The molecule has 2 rings (SSSR count). The molecule has 0 bridgehead atoms. The second-order valence-corrected chi connectivity index (χ2v) is 5.55. The van der Waals surface area contributed by atoms with Gasteiger partial charge in [0.1, 0.15) is 12.4 Å². The zero-order valence-electron chi connectivity index (χ0n) is 11.4. The van der Waals surface area contributed by atoms with Crippen molar-refractivity contribution in [1.29, 1.82) is 0 Å². The number of rotatable bonds is 4. The van der Waals surface area contributed by atoms with Gasteiger partial charge in [0.25, 0.3) is 0 Å². The van der Waals surface area contributed by atoms with Gasteiger partial charge in [0.05, 0.1) is 16.7 Å². The van der Waals surface area contributed by atoms with Gasteiger partial charge >= 0.3 is 0 Å². The normalized spacial score (nSPS) is 10.7. The number of aliphatic hydroxyl groups excluding tert-OH is 1. The number of hydrogen-bond acceptors (Lipinski definition) is 2. The monoisotopic (exact) mass is 310 g/mol. The van der Waals surface area contributed by atoms with Crippen LogP contribution >= 0.6 is 23.2 Å². The summed E-state index contributed by atoms with van der Waals surface area (Å²) in [5.74, 6) is 0.685. The molecule has 0 amide bonds. The van der Waals surface area contributed by atoms with Crippen molar-refractivity contribution in [3.63, 3.8) is 0 Å². The van der Waals surface area contributed by atoms with Gasteiger partial charge in [-0.3, -0.25) is 0 Å². The smallest absolute Gasteiger partial charge is 0.121 e. The van der Waals surface area contributed by atoms with Crippen LogP contribution in [0.3, 0.4) is 0 Å². The summed E-state index contributed by atoms with van der Waals surface area (Å²) in [6.07, 6.45) is 0. The van der Waals surface area contributed by atoms with Crippen LogP contribution in [0.5, 0.6) is 5.75 Å². The highest BCUT2D eigenvalue weighted by Crippen LogP contribution is 2.27. The summed E-state index contributed by atoms with van der Waals surface area (Å²) in [6, 6.07) is 9.16. The molecule has 0 aliphatic rings. The lowest BCUT2D eigenvalue weighted by atomic mass is 10.0. The third kappa shape index (κ3) is 3.45. The van der Waals surface area contributed by atoms with Crippen LogP contribution in [0.4, 0.5) is 0 Å². The van der Waals surface area contributed by atoms with E-state index < -0.39 is 0 Å². The molecule has 106 valence electrons. The molecule has 0 unspecified atom stereocenters. The van der Waals surface area contributed by atoms with Crippen LogP contribution in [0.2, 0.25) is 10.0 Å². The number of aryl methyl sites for hydroxylation is 2. The molecular formula is C16H16Cl2O2. The molecule has 0 fully saturated rings. The first-order chi connectivity index (χ1) is 9.51. The van der Waals surface area contributed by atoms with Gasteiger partial charge in [0.2, 0.25) is 0 Å². The Hall–Kier alpha value is -1.22. The summed E-state index contributed by atoms with van der Waals surface area (Å²) < 4.78 is 5.76. The Kier molecular flexibility index (Phi) is 4.92. The summed E-state index contributed by atoms with van der Waals surface area (Å²) in [5.41, 5.74) is 4.25. The first-order valence-corrected chi connectivity index (χ1v) is 7.04.